The minimum Gasteiger partial charge on any atom is -0.312 e. The molecule has 0 spiro atoms. The van der Waals surface area contributed by atoms with Gasteiger partial charge >= 0.3 is 0 Å². The van der Waals surface area contributed by atoms with Gasteiger partial charge in [0.25, 0.3) is 0 Å². The molecule has 2 aliphatic rings. The predicted octanol–water partition coefficient (Wildman–Crippen LogP) is 1.94. The number of aryl methyl sites for hydroxylation is 1. The lowest BCUT2D eigenvalue weighted by molar-refractivity contribution is -0.119. The lowest BCUT2D eigenvalue weighted by atomic mass is 10.0. The van der Waals surface area contributed by atoms with Crippen molar-refractivity contribution >= 4 is 11.6 Å². The zero-order valence-corrected chi connectivity index (χ0v) is 14.2. The number of aromatic nitrogens is 2. The SMILES string of the molecule is N#Cc1cc2n(n1)CCN(CCC(=O)N1CCCc3ccccc31)C2. The molecule has 0 saturated carbocycles. The summed E-state index contributed by atoms with van der Waals surface area (Å²) in [6, 6.07) is 12.1. The number of benzene rings is 1. The van der Waals surface area contributed by atoms with Crippen LogP contribution in [0.3, 0.4) is 0 Å². The number of nitriles is 1. The molecule has 0 bridgehead atoms. The number of carbonyl (C=O) groups excluding carboxylic acids is 1. The molecule has 3 heterocycles. The zero-order chi connectivity index (χ0) is 17.2. The molecule has 6 heteroatoms. The van der Waals surface area contributed by atoms with Crippen molar-refractivity contribution in [3.8, 4) is 6.07 Å². The highest BCUT2D eigenvalue weighted by Gasteiger charge is 2.24. The fourth-order valence-corrected chi connectivity index (χ4v) is 3.75. The Morgan fingerprint density at radius 1 is 1.24 bits per heavy atom. The van der Waals surface area contributed by atoms with Crippen LogP contribution in [0.15, 0.2) is 30.3 Å². The Kier molecular flexibility index (Phi) is 4.24. The molecule has 0 fully saturated rings. The van der Waals surface area contributed by atoms with Gasteiger partial charge in [-0.1, -0.05) is 18.2 Å². The van der Waals surface area contributed by atoms with E-state index in [0.717, 1.165) is 56.9 Å². The van der Waals surface area contributed by atoms with Gasteiger partial charge in [-0.25, -0.2) is 0 Å². The van der Waals surface area contributed by atoms with Crippen molar-refractivity contribution in [2.24, 2.45) is 0 Å². The van der Waals surface area contributed by atoms with Crippen molar-refractivity contribution < 1.29 is 4.79 Å². The predicted molar refractivity (Wildman–Crippen MR) is 94.0 cm³/mol. The van der Waals surface area contributed by atoms with Gasteiger partial charge in [-0.05, 0) is 30.5 Å². The second-order valence-electron chi connectivity index (χ2n) is 6.66. The van der Waals surface area contributed by atoms with Crippen LogP contribution in [0.1, 0.15) is 29.8 Å². The summed E-state index contributed by atoms with van der Waals surface area (Å²) in [6.07, 6.45) is 2.60. The highest BCUT2D eigenvalue weighted by atomic mass is 16.2. The van der Waals surface area contributed by atoms with E-state index in [1.54, 1.807) is 0 Å². The van der Waals surface area contributed by atoms with Gasteiger partial charge in [0, 0.05) is 38.3 Å². The van der Waals surface area contributed by atoms with Crippen molar-refractivity contribution in [1.82, 2.24) is 14.7 Å². The molecule has 0 radical (unpaired) electrons. The molecule has 2 aliphatic heterocycles. The van der Waals surface area contributed by atoms with Crippen molar-refractivity contribution in [2.45, 2.75) is 32.4 Å². The van der Waals surface area contributed by atoms with Gasteiger partial charge in [-0.3, -0.25) is 14.4 Å². The van der Waals surface area contributed by atoms with E-state index >= 15 is 0 Å². The maximum atomic E-state index is 12.7. The summed E-state index contributed by atoms with van der Waals surface area (Å²) in [5, 5.41) is 13.2. The van der Waals surface area contributed by atoms with Crippen LogP contribution in [-0.4, -0.2) is 40.2 Å². The maximum absolute atomic E-state index is 12.7. The van der Waals surface area contributed by atoms with Gasteiger partial charge in [0.1, 0.15) is 6.07 Å². The fraction of sp³-hybridized carbons (Fsp3) is 0.421. The van der Waals surface area contributed by atoms with Crippen molar-refractivity contribution in [1.29, 1.82) is 5.26 Å². The van der Waals surface area contributed by atoms with Crippen LogP contribution in [0.5, 0.6) is 0 Å². The number of fused-ring (bicyclic) bond motifs is 2. The average Bonchev–Trinajstić information content (AvgIpc) is 3.08. The molecule has 0 unspecified atom stereocenters. The molecular formula is C19H21N5O. The summed E-state index contributed by atoms with van der Waals surface area (Å²) in [7, 11) is 0. The van der Waals surface area contributed by atoms with E-state index in [1.165, 1.54) is 5.56 Å². The van der Waals surface area contributed by atoms with Crippen molar-refractivity contribution in [2.75, 3.05) is 24.5 Å². The number of hydrogen-bond donors (Lipinski definition) is 0. The Bertz CT molecular complexity index is 835. The number of hydrogen-bond acceptors (Lipinski definition) is 4. The van der Waals surface area contributed by atoms with Gasteiger partial charge in [0.15, 0.2) is 5.69 Å². The first-order valence-corrected chi connectivity index (χ1v) is 8.82. The third kappa shape index (κ3) is 3.15. The largest absolute Gasteiger partial charge is 0.312 e. The van der Waals surface area contributed by atoms with Crippen LogP contribution in [-0.2, 0) is 24.3 Å². The summed E-state index contributed by atoms with van der Waals surface area (Å²) in [6.45, 7) is 3.94. The quantitative estimate of drug-likeness (QED) is 0.860. The molecule has 0 atom stereocenters. The van der Waals surface area contributed by atoms with Crippen LogP contribution in [0.2, 0.25) is 0 Å². The van der Waals surface area contributed by atoms with Crippen LogP contribution in [0.25, 0.3) is 0 Å². The Hall–Kier alpha value is -2.65. The molecular weight excluding hydrogens is 314 g/mol. The van der Waals surface area contributed by atoms with E-state index in [9.17, 15) is 4.79 Å². The van der Waals surface area contributed by atoms with Crippen molar-refractivity contribution in [3.63, 3.8) is 0 Å². The van der Waals surface area contributed by atoms with Gasteiger partial charge in [0.05, 0.1) is 12.2 Å². The highest BCUT2D eigenvalue weighted by Crippen LogP contribution is 2.27. The number of para-hydroxylation sites is 1. The molecule has 4 rings (SSSR count). The third-order valence-electron chi connectivity index (χ3n) is 5.04. The van der Waals surface area contributed by atoms with Crippen LogP contribution in [0, 0.1) is 11.3 Å². The summed E-state index contributed by atoms with van der Waals surface area (Å²) >= 11 is 0. The Balaban J connectivity index is 1.38. The number of nitrogens with zero attached hydrogens (tertiary/aromatic N) is 5. The standard InChI is InChI=1S/C19H21N5O/c20-13-16-12-17-14-22(10-11-24(17)21-16)9-7-19(25)23-8-3-5-15-4-1-2-6-18(15)23/h1-2,4,6,12H,3,5,7-11,14H2. The monoisotopic (exact) mass is 335 g/mol. The molecule has 1 aromatic heterocycles. The van der Waals surface area contributed by atoms with Crippen molar-refractivity contribution in [3.05, 3.63) is 47.3 Å². The molecule has 0 N–H and O–H groups in total. The minimum absolute atomic E-state index is 0.198. The topological polar surface area (TPSA) is 65.2 Å². The van der Waals surface area contributed by atoms with E-state index in [0.29, 0.717) is 12.1 Å². The first-order chi connectivity index (χ1) is 12.2. The Morgan fingerprint density at radius 2 is 2.12 bits per heavy atom. The first-order valence-electron chi connectivity index (χ1n) is 8.82. The molecule has 6 nitrogen and oxygen atoms in total. The van der Waals surface area contributed by atoms with Gasteiger partial charge in [-0.2, -0.15) is 10.4 Å². The number of anilines is 1. The summed E-state index contributed by atoms with van der Waals surface area (Å²) in [5.41, 5.74) is 3.87. The van der Waals surface area contributed by atoms with Gasteiger partial charge in [-0.15, -0.1) is 0 Å². The van der Waals surface area contributed by atoms with E-state index in [4.69, 9.17) is 5.26 Å². The Labute approximate surface area is 147 Å². The first kappa shape index (κ1) is 15.9. The van der Waals surface area contributed by atoms with E-state index in [-0.39, 0.29) is 5.91 Å². The molecule has 0 saturated heterocycles. The smallest absolute Gasteiger partial charge is 0.228 e. The second kappa shape index (κ2) is 6.69. The Morgan fingerprint density at radius 3 is 3.00 bits per heavy atom. The molecule has 25 heavy (non-hydrogen) atoms. The summed E-state index contributed by atoms with van der Waals surface area (Å²) in [5.74, 6) is 0.198. The van der Waals surface area contributed by atoms with Crippen LogP contribution in [0.4, 0.5) is 5.69 Å². The van der Waals surface area contributed by atoms with E-state index in [2.05, 4.69) is 28.2 Å². The molecule has 128 valence electrons. The highest BCUT2D eigenvalue weighted by molar-refractivity contribution is 5.94. The van der Waals surface area contributed by atoms with Gasteiger partial charge in [0.2, 0.25) is 5.91 Å². The normalized spacial score (nSPS) is 16.8. The summed E-state index contributed by atoms with van der Waals surface area (Å²) < 4.78 is 1.90. The summed E-state index contributed by atoms with van der Waals surface area (Å²) in [4.78, 5) is 17.0. The lowest BCUT2D eigenvalue weighted by Gasteiger charge is -2.31. The minimum atomic E-state index is 0.198. The molecule has 1 amide bonds. The molecule has 2 aromatic rings. The van der Waals surface area contributed by atoms with Crippen LogP contribution >= 0.6 is 0 Å². The average molecular weight is 335 g/mol. The number of rotatable bonds is 3. The second-order valence-corrected chi connectivity index (χ2v) is 6.66. The third-order valence-corrected chi connectivity index (χ3v) is 5.04. The lowest BCUT2D eigenvalue weighted by Crippen LogP contribution is -2.39. The fourth-order valence-electron chi connectivity index (χ4n) is 3.75. The maximum Gasteiger partial charge on any atom is 0.228 e. The number of carbonyl (C=O) groups is 1. The number of amides is 1. The zero-order valence-electron chi connectivity index (χ0n) is 14.2. The van der Waals surface area contributed by atoms with Gasteiger partial charge < -0.3 is 4.90 Å². The molecule has 0 aliphatic carbocycles. The van der Waals surface area contributed by atoms with E-state index < -0.39 is 0 Å². The van der Waals surface area contributed by atoms with Crippen LogP contribution < -0.4 is 4.90 Å². The molecule has 1 aromatic carbocycles. The van der Waals surface area contributed by atoms with E-state index in [1.807, 2.05) is 27.8 Å².